The van der Waals surface area contributed by atoms with Gasteiger partial charge in [-0.1, -0.05) is 26.0 Å². The second-order valence-corrected chi connectivity index (χ2v) is 8.39. The number of amides is 1. The number of aromatic nitrogens is 4. The van der Waals surface area contributed by atoms with Crippen molar-refractivity contribution in [2.45, 2.75) is 33.4 Å². The summed E-state index contributed by atoms with van der Waals surface area (Å²) in [5, 5.41) is 11.5. The second-order valence-electron chi connectivity index (χ2n) is 8.39. The summed E-state index contributed by atoms with van der Waals surface area (Å²) in [6, 6.07) is 12.9. The Morgan fingerprint density at radius 2 is 1.77 bits per heavy atom. The Morgan fingerprint density at radius 3 is 2.46 bits per heavy atom. The first-order chi connectivity index (χ1) is 16.8. The number of fused-ring (bicyclic) bond motifs is 3. The Bertz CT molecular complexity index is 1440. The molecule has 0 aliphatic rings. The number of benzene rings is 2. The van der Waals surface area contributed by atoms with Gasteiger partial charge in [0, 0.05) is 12.6 Å². The van der Waals surface area contributed by atoms with Gasteiger partial charge in [0.2, 0.25) is 5.78 Å². The van der Waals surface area contributed by atoms with Gasteiger partial charge < -0.3 is 14.8 Å². The molecule has 35 heavy (non-hydrogen) atoms. The first-order valence-electron chi connectivity index (χ1n) is 11.3. The van der Waals surface area contributed by atoms with E-state index < -0.39 is 17.9 Å². The number of aryl methyl sites for hydroxylation is 1. The minimum Gasteiger partial charge on any atom is -0.494 e. The molecule has 0 radical (unpaired) electrons. The lowest BCUT2D eigenvalue weighted by molar-refractivity contribution is -0.148. The van der Waals surface area contributed by atoms with Crippen molar-refractivity contribution in [3.8, 4) is 5.75 Å². The molecule has 2 aromatic carbocycles. The second kappa shape index (κ2) is 9.96. The van der Waals surface area contributed by atoms with Crippen LogP contribution < -0.4 is 15.6 Å². The van der Waals surface area contributed by atoms with Gasteiger partial charge in [0.15, 0.2) is 12.4 Å². The van der Waals surface area contributed by atoms with E-state index in [9.17, 15) is 14.4 Å². The Balaban J connectivity index is 1.52. The van der Waals surface area contributed by atoms with Crippen molar-refractivity contribution in [2.75, 3.05) is 6.61 Å². The van der Waals surface area contributed by atoms with Gasteiger partial charge in [0.05, 0.1) is 17.5 Å². The molecule has 0 bridgehead atoms. The number of para-hydroxylation sites is 1. The van der Waals surface area contributed by atoms with Crippen LogP contribution in [0.5, 0.6) is 5.75 Å². The summed E-state index contributed by atoms with van der Waals surface area (Å²) in [6.45, 7) is 5.87. The third kappa shape index (κ3) is 4.72. The van der Waals surface area contributed by atoms with Crippen molar-refractivity contribution in [2.24, 2.45) is 13.0 Å². The van der Waals surface area contributed by atoms with E-state index in [2.05, 4.69) is 15.5 Å². The molecule has 182 valence electrons. The molecule has 0 saturated carbocycles. The molecule has 10 nitrogen and oxygen atoms in total. The minimum atomic E-state index is -0.866. The molecule has 2 aromatic heterocycles. The van der Waals surface area contributed by atoms with Gasteiger partial charge in [-0.2, -0.15) is 0 Å². The predicted octanol–water partition coefficient (Wildman–Crippen LogP) is 2.48. The van der Waals surface area contributed by atoms with E-state index in [-0.39, 0.29) is 18.1 Å². The van der Waals surface area contributed by atoms with E-state index in [1.165, 1.54) is 4.57 Å². The third-order valence-corrected chi connectivity index (χ3v) is 5.67. The average molecular weight is 478 g/mol. The lowest BCUT2D eigenvalue weighted by atomic mass is 10.0. The number of carbonyl (C=O) groups is 2. The van der Waals surface area contributed by atoms with Crippen molar-refractivity contribution >= 4 is 28.6 Å². The molecule has 0 aliphatic carbocycles. The van der Waals surface area contributed by atoms with Gasteiger partial charge in [0.25, 0.3) is 11.5 Å². The maximum Gasteiger partial charge on any atom is 0.329 e. The van der Waals surface area contributed by atoms with Crippen molar-refractivity contribution in [3.63, 3.8) is 0 Å². The van der Waals surface area contributed by atoms with E-state index in [1.807, 2.05) is 26.8 Å². The Labute approximate surface area is 201 Å². The zero-order valence-electron chi connectivity index (χ0n) is 20.0. The summed E-state index contributed by atoms with van der Waals surface area (Å²) in [4.78, 5) is 38.3. The summed E-state index contributed by atoms with van der Waals surface area (Å²) in [5.74, 6) is 0.160. The summed E-state index contributed by atoms with van der Waals surface area (Å²) in [6.07, 6.45) is 0. The number of hydrogen-bond donors (Lipinski definition) is 1. The fraction of sp³-hybridized carbons (Fsp3) is 0.320. The number of esters is 1. The zero-order chi connectivity index (χ0) is 25.1. The van der Waals surface area contributed by atoms with Crippen molar-refractivity contribution in [1.29, 1.82) is 0 Å². The lowest BCUT2D eigenvalue weighted by Crippen LogP contribution is -2.45. The van der Waals surface area contributed by atoms with Crippen LogP contribution in [0.1, 0.15) is 37.0 Å². The maximum atomic E-state index is 12.9. The Morgan fingerprint density at radius 1 is 1.06 bits per heavy atom. The number of ether oxygens (including phenoxy) is 2. The number of nitrogens with zero attached hydrogens (tertiary/aromatic N) is 4. The predicted molar refractivity (Wildman–Crippen MR) is 129 cm³/mol. The highest BCUT2D eigenvalue weighted by Crippen LogP contribution is 2.16. The normalized spacial score (nSPS) is 12.1. The molecule has 4 aromatic rings. The van der Waals surface area contributed by atoms with Crippen LogP contribution in [0.15, 0.2) is 53.3 Å². The van der Waals surface area contributed by atoms with Crippen LogP contribution in [0, 0.1) is 5.92 Å². The SMILES string of the molecule is CCOc1ccc(C(=O)NC(C(=O)OCc2nnc3n(C)c(=O)c4ccccc4n23)C(C)C)cc1. The maximum absolute atomic E-state index is 12.9. The number of carbonyl (C=O) groups excluding carboxylic acids is 2. The molecular weight excluding hydrogens is 450 g/mol. The standard InChI is InChI=1S/C25H27N5O5/c1-5-34-17-12-10-16(11-13-17)22(31)26-21(15(2)3)24(33)35-14-20-27-28-25-29(4)23(32)18-8-6-7-9-19(18)30(20)25/h6-13,15,21H,5,14H2,1-4H3,(H,26,31). The van der Waals surface area contributed by atoms with Gasteiger partial charge in [-0.3, -0.25) is 18.6 Å². The molecule has 0 saturated heterocycles. The molecule has 0 fully saturated rings. The monoisotopic (exact) mass is 477 g/mol. The molecular formula is C25H27N5O5. The van der Waals surface area contributed by atoms with Gasteiger partial charge >= 0.3 is 5.97 Å². The van der Waals surface area contributed by atoms with E-state index in [4.69, 9.17) is 9.47 Å². The smallest absolute Gasteiger partial charge is 0.329 e. The number of rotatable bonds is 8. The molecule has 4 rings (SSSR count). The van der Waals surface area contributed by atoms with Crippen molar-refractivity contribution in [1.82, 2.24) is 24.5 Å². The third-order valence-electron chi connectivity index (χ3n) is 5.67. The Hall–Kier alpha value is -4.21. The van der Waals surface area contributed by atoms with E-state index in [0.29, 0.717) is 40.4 Å². The molecule has 10 heteroatoms. The minimum absolute atomic E-state index is 0.176. The highest BCUT2D eigenvalue weighted by atomic mass is 16.5. The average Bonchev–Trinajstić information content (AvgIpc) is 3.29. The van der Waals surface area contributed by atoms with E-state index >= 15 is 0 Å². The van der Waals surface area contributed by atoms with Crippen LogP contribution in [-0.4, -0.2) is 43.7 Å². The summed E-state index contributed by atoms with van der Waals surface area (Å²) >= 11 is 0. The van der Waals surface area contributed by atoms with E-state index in [0.717, 1.165) is 0 Å². The van der Waals surface area contributed by atoms with Crippen molar-refractivity contribution < 1.29 is 19.1 Å². The number of hydrogen-bond acceptors (Lipinski definition) is 7. The summed E-state index contributed by atoms with van der Waals surface area (Å²) < 4.78 is 14.0. The van der Waals surface area contributed by atoms with Gasteiger partial charge in [0.1, 0.15) is 11.8 Å². The Kier molecular flexibility index (Phi) is 6.81. The molecule has 0 spiro atoms. The summed E-state index contributed by atoms with van der Waals surface area (Å²) in [7, 11) is 1.61. The molecule has 1 unspecified atom stereocenters. The van der Waals surface area contributed by atoms with Crippen LogP contribution in [0.25, 0.3) is 16.7 Å². The molecule has 0 aliphatic heterocycles. The molecule has 1 amide bonds. The van der Waals surface area contributed by atoms with Crippen LogP contribution in [0.3, 0.4) is 0 Å². The highest BCUT2D eigenvalue weighted by molar-refractivity contribution is 5.97. The first-order valence-corrected chi connectivity index (χ1v) is 11.3. The topological polar surface area (TPSA) is 117 Å². The van der Waals surface area contributed by atoms with Crippen LogP contribution in [0.4, 0.5) is 0 Å². The van der Waals surface area contributed by atoms with Gasteiger partial charge in [-0.15, -0.1) is 10.2 Å². The van der Waals surface area contributed by atoms with Gasteiger partial charge in [-0.05, 0) is 49.2 Å². The lowest BCUT2D eigenvalue weighted by Gasteiger charge is -2.21. The van der Waals surface area contributed by atoms with Crippen LogP contribution in [-0.2, 0) is 23.2 Å². The van der Waals surface area contributed by atoms with Crippen LogP contribution in [0.2, 0.25) is 0 Å². The molecule has 1 N–H and O–H groups in total. The van der Waals surface area contributed by atoms with Crippen LogP contribution >= 0.6 is 0 Å². The summed E-state index contributed by atoms with van der Waals surface area (Å²) in [5.41, 5.74) is 0.828. The van der Waals surface area contributed by atoms with Gasteiger partial charge in [-0.25, -0.2) is 4.79 Å². The molecule has 2 heterocycles. The zero-order valence-corrected chi connectivity index (χ0v) is 20.0. The number of nitrogens with one attached hydrogen (secondary N) is 1. The molecule has 1 atom stereocenters. The largest absolute Gasteiger partial charge is 0.494 e. The first kappa shape index (κ1) is 23.9. The highest BCUT2D eigenvalue weighted by Gasteiger charge is 2.27. The fourth-order valence-corrected chi connectivity index (χ4v) is 3.80. The fourth-order valence-electron chi connectivity index (χ4n) is 3.80. The van der Waals surface area contributed by atoms with Crippen molar-refractivity contribution in [3.05, 3.63) is 70.3 Å². The quantitative estimate of drug-likeness (QED) is 0.388. The van der Waals surface area contributed by atoms with E-state index in [1.54, 1.807) is 53.9 Å².